The van der Waals surface area contributed by atoms with Crippen molar-refractivity contribution in [3.05, 3.63) is 40.2 Å². The van der Waals surface area contributed by atoms with E-state index in [1.165, 1.54) is 13.2 Å². The van der Waals surface area contributed by atoms with Crippen molar-refractivity contribution in [1.29, 1.82) is 0 Å². The molecule has 2 N–H and O–H groups in total. The van der Waals surface area contributed by atoms with Crippen LogP contribution in [0.1, 0.15) is 17.0 Å². The number of carbonyl (C=O) groups excluding carboxylic acids is 1. The number of anilines is 1. The van der Waals surface area contributed by atoms with E-state index in [0.29, 0.717) is 35.1 Å². The molecule has 2 aromatic rings. The Morgan fingerprint density at radius 2 is 2.23 bits per heavy atom. The second-order valence-corrected chi connectivity index (χ2v) is 6.19. The molecule has 0 saturated heterocycles. The van der Waals surface area contributed by atoms with Crippen LogP contribution in [0.15, 0.2) is 18.2 Å². The molecule has 0 bridgehead atoms. The average molecular weight is 389 g/mol. The summed E-state index contributed by atoms with van der Waals surface area (Å²) in [6.07, 6.45) is -4.20. The zero-order valence-corrected chi connectivity index (χ0v) is 14.5. The maximum Gasteiger partial charge on any atom is 0.435 e. The van der Waals surface area contributed by atoms with Gasteiger partial charge in [-0.15, -0.1) is 0 Å². The molecule has 1 aliphatic heterocycles. The molecule has 26 heavy (non-hydrogen) atoms. The molecule has 1 aliphatic rings. The summed E-state index contributed by atoms with van der Waals surface area (Å²) in [5.74, 6) is -0.131. The third-order valence-electron chi connectivity index (χ3n) is 4.00. The fourth-order valence-electron chi connectivity index (χ4n) is 2.88. The molecule has 0 saturated carbocycles. The highest BCUT2D eigenvalue weighted by molar-refractivity contribution is 6.31. The van der Waals surface area contributed by atoms with E-state index < -0.39 is 17.8 Å². The van der Waals surface area contributed by atoms with Gasteiger partial charge >= 0.3 is 6.18 Å². The van der Waals surface area contributed by atoms with Crippen LogP contribution >= 0.6 is 11.6 Å². The normalized spacial score (nSPS) is 14.0. The third kappa shape index (κ3) is 3.78. The zero-order valence-electron chi connectivity index (χ0n) is 13.8. The van der Waals surface area contributed by atoms with E-state index in [2.05, 4.69) is 15.7 Å². The van der Waals surface area contributed by atoms with Gasteiger partial charge in [-0.1, -0.05) is 11.6 Å². The van der Waals surface area contributed by atoms with E-state index in [0.717, 1.165) is 4.68 Å². The Bertz CT molecular complexity index is 836. The molecule has 140 valence electrons. The van der Waals surface area contributed by atoms with Crippen LogP contribution in [0.2, 0.25) is 5.02 Å². The Hall–Kier alpha value is -2.26. The first kappa shape index (κ1) is 18.5. The van der Waals surface area contributed by atoms with E-state index >= 15 is 0 Å². The third-order valence-corrected chi connectivity index (χ3v) is 4.24. The van der Waals surface area contributed by atoms with Crippen molar-refractivity contribution in [2.24, 2.45) is 0 Å². The number of methoxy groups -OCH3 is 1. The van der Waals surface area contributed by atoms with Gasteiger partial charge in [0, 0.05) is 35.8 Å². The van der Waals surface area contributed by atoms with Crippen LogP contribution in [0, 0.1) is 0 Å². The largest absolute Gasteiger partial charge is 0.495 e. The number of benzene rings is 1. The van der Waals surface area contributed by atoms with Crippen LogP contribution in [0.25, 0.3) is 0 Å². The molecular weight excluding hydrogens is 373 g/mol. The molecule has 1 aromatic heterocycles. The zero-order chi connectivity index (χ0) is 18.9. The second kappa shape index (κ2) is 7.16. The fraction of sp³-hybridized carbons (Fsp3) is 0.375. The number of hydrogen-bond acceptors (Lipinski definition) is 4. The number of nitrogens with one attached hydrogen (secondary N) is 2. The molecular formula is C16H16ClF3N4O2. The summed E-state index contributed by atoms with van der Waals surface area (Å²) in [5, 5.41) is 9.53. The first-order valence-electron chi connectivity index (χ1n) is 7.79. The lowest BCUT2D eigenvalue weighted by Gasteiger charge is -2.16. The fourth-order valence-corrected chi connectivity index (χ4v) is 3.05. The number of halogens is 4. The molecule has 1 aromatic carbocycles. The molecule has 0 radical (unpaired) electrons. The monoisotopic (exact) mass is 388 g/mol. The average Bonchev–Trinajstić information content (AvgIpc) is 2.94. The highest BCUT2D eigenvalue weighted by atomic mass is 35.5. The quantitative estimate of drug-likeness (QED) is 0.845. The van der Waals surface area contributed by atoms with E-state index in [1.807, 2.05) is 0 Å². The van der Waals surface area contributed by atoms with Crippen molar-refractivity contribution >= 4 is 23.2 Å². The number of alkyl halides is 3. The number of ether oxygens (including phenoxy) is 1. The first-order chi connectivity index (χ1) is 12.3. The van der Waals surface area contributed by atoms with Gasteiger partial charge in [0.15, 0.2) is 5.69 Å². The Kier molecular flexibility index (Phi) is 5.10. The maximum absolute atomic E-state index is 13.2. The summed E-state index contributed by atoms with van der Waals surface area (Å²) in [7, 11) is 1.44. The van der Waals surface area contributed by atoms with E-state index in [-0.39, 0.29) is 18.7 Å². The van der Waals surface area contributed by atoms with Crippen molar-refractivity contribution in [1.82, 2.24) is 15.1 Å². The van der Waals surface area contributed by atoms with Crippen molar-refractivity contribution in [2.75, 3.05) is 19.0 Å². The van der Waals surface area contributed by atoms with Crippen LogP contribution in [0.4, 0.5) is 18.9 Å². The molecule has 0 atom stereocenters. The van der Waals surface area contributed by atoms with Crippen molar-refractivity contribution in [3.63, 3.8) is 0 Å². The van der Waals surface area contributed by atoms with E-state index in [9.17, 15) is 18.0 Å². The van der Waals surface area contributed by atoms with Crippen LogP contribution in [-0.2, 0) is 30.5 Å². The highest BCUT2D eigenvalue weighted by Gasteiger charge is 2.39. The SMILES string of the molecule is COc1ccc(Cl)cc1NC(=O)Cn1nc(C(F)(F)F)c2c1CCNC2. The summed E-state index contributed by atoms with van der Waals surface area (Å²) in [6.45, 7) is 0.266. The van der Waals surface area contributed by atoms with E-state index in [1.54, 1.807) is 12.1 Å². The molecule has 10 heteroatoms. The van der Waals surface area contributed by atoms with Gasteiger partial charge in [0.1, 0.15) is 12.3 Å². The van der Waals surface area contributed by atoms with Gasteiger partial charge < -0.3 is 15.4 Å². The van der Waals surface area contributed by atoms with Crippen molar-refractivity contribution < 1.29 is 22.7 Å². The molecule has 0 spiro atoms. The number of hydrogen-bond donors (Lipinski definition) is 2. The summed E-state index contributed by atoms with van der Waals surface area (Å²) in [6, 6.07) is 4.69. The highest BCUT2D eigenvalue weighted by Crippen LogP contribution is 2.34. The summed E-state index contributed by atoms with van der Waals surface area (Å²) in [4.78, 5) is 12.3. The molecule has 1 amide bonds. The predicted molar refractivity (Wildman–Crippen MR) is 89.3 cm³/mol. The smallest absolute Gasteiger partial charge is 0.435 e. The van der Waals surface area contributed by atoms with Crippen LogP contribution in [0.3, 0.4) is 0 Å². The predicted octanol–water partition coefficient (Wildman–Crippen LogP) is 2.85. The number of amides is 1. The minimum Gasteiger partial charge on any atom is -0.495 e. The Balaban J connectivity index is 1.84. The van der Waals surface area contributed by atoms with Crippen LogP contribution in [-0.4, -0.2) is 29.3 Å². The van der Waals surface area contributed by atoms with Gasteiger partial charge in [0.05, 0.1) is 12.8 Å². The van der Waals surface area contributed by atoms with E-state index in [4.69, 9.17) is 16.3 Å². The Morgan fingerprint density at radius 3 is 2.92 bits per heavy atom. The Labute approximate surface area is 152 Å². The number of rotatable bonds is 4. The van der Waals surface area contributed by atoms with Crippen LogP contribution in [0.5, 0.6) is 5.75 Å². The summed E-state index contributed by atoms with van der Waals surface area (Å²) < 4.78 is 45.8. The number of aromatic nitrogens is 2. The Morgan fingerprint density at radius 1 is 1.46 bits per heavy atom. The lowest BCUT2D eigenvalue weighted by molar-refractivity contribution is -0.142. The lowest BCUT2D eigenvalue weighted by Crippen LogP contribution is -2.27. The van der Waals surface area contributed by atoms with Gasteiger partial charge in [0.2, 0.25) is 5.91 Å². The number of nitrogens with zero attached hydrogens (tertiary/aromatic N) is 2. The maximum atomic E-state index is 13.2. The van der Waals surface area contributed by atoms with Crippen LogP contribution < -0.4 is 15.4 Å². The minimum atomic E-state index is -4.57. The molecule has 2 heterocycles. The molecule has 0 aliphatic carbocycles. The van der Waals surface area contributed by atoms with Gasteiger partial charge in [-0.2, -0.15) is 18.3 Å². The second-order valence-electron chi connectivity index (χ2n) is 5.75. The van der Waals surface area contributed by atoms with Gasteiger partial charge in [-0.3, -0.25) is 9.48 Å². The van der Waals surface area contributed by atoms with Gasteiger partial charge in [0.25, 0.3) is 0 Å². The molecule has 0 fully saturated rings. The summed E-state index contributed by atoms with van der Waals surface area (Å²) >= 11 is 5.91. The number of fused-ring (bicyclic) bond motifs is 1. The minimum absolute atomic E-state index is 0.0773. The summed E-state index contributed by atoms with van der Waals surface area (Å²) in [5.41, 5.74) is -0.0993. The van der Waals surface area contributed by atoms with Gasteiger partial charge in [-0.25, -0.2) is 0 Å². The standard InChI is InChI=1S/C16H16ClF3N4O2/c1-26-13-3-2-9(17)6-11(13)22-14(25)8-24-12-4-5-21-7-10(12)15(23-24)16(18,19)20/h2-3,6,21H,4-5,7-8H2,1H3,(H,22,25). The first-order valence-corrected chi connectivity index (χ1v) is 8.17. The van der Waals surface area contributed by atoms with Gasteiger partial charge in [-0.05, 0) is 18.2 Å². The topological polar surface area (TPSA) is 68.2 Å². The molecule has 3 rings (SSSR count). The lowest BCUT2D eigenvalue weighted by atomic mass is 10.1. The number of carbonyl (C=O) groups is 1. The molecule has 6 nitrogen and oxygen atoms in total. The van der Waals surface area contributed by atoms with Crippen molar-refractivity contribution in [3.8, 4) is 5.75 Å². The molecule has 0 unspecified atom stereocenters. The van der Waals surface area contributed by atoms with Crippen molar-refractivity contribution in [2.45, 2.75) is 25.7 Å².